The summed E-state index contributed by atoms with van der Waals surface area (Å²) in [7, 11) is 0. The van der Waals surface area contributed by atoms with Crippen LogP contribution in [0.3, 0.4) is 0 Å². The predicted molar refractivity (Wildman–Crippen MR) is 73.7 cm³/mol. The van der Waals surface area contributed by atoms with Crippen LogP contribution in [0.25, 0.3) is 0 Å². The van der Waals surface area contributed by atoms with Gasteiger partial charge < -0.3 is 15.8 Å². The Hall–Kier alpha value is -1.63. The van der Waals surface area contributed by atoms with Crippen LogP contribution in [0.4, 0.5) is 4.39 Å². The molecule has 1 rings (SSSR count). The molecule has 0 aliphatic carbocycles. The summed E-state index contributed by atoms with van der Waals surface area (Å²) in [6, 6.07) is 4.01. The van der Waals surface area contributed by atoms with Crippen LogP contribution < -0.4 is 5.73 Å². The SMILES string of the molecule is CCN(CCC(N)=NO)C(=O)c1cc(F)cc(Br)c1. The summed E-state index contributed by atoms with van der Waals surface area (Å²) < 4.78 is 13.8. The highest BCUT2D eigenvalue weighted by Gasteiger charge is 2.15. The molecule has 7 heteroatoms. The lowest BCUT2D eigenvalue weighted by Crippen LogP contribution is -2.34. The van der Waals surface area contributed by atoms with Crippen LogP contribution in [0.15, 0.2) is 27.8 Å². The minimum atomic E-state index is -0.481. The Morgan fingerprint density at radius 1 is 1.53 bits per heavy atom. The molecule has 0 fully saturated rings. The minimum Gasteiger partial charge on any atom is -0.409 e. The number of nitrogens with zero attached hydrogens (tertiary/aromatic N) is 2. The lowest BCUT2D eigenvalue weighted by Gasteiger charge is -2.20. The highest BCUT2D eigenvalue weighted by Crippen LogP contribution is 2.16. The molecule has 0 aliphatic rings. The Morgan fingerprint density at radius 2 is 2.21 bits per heavy atom. The Labute approximate surface area is 119 Å². The first-order valence-corrected chi connectivity index (χ1v) is 6.49. The van der Waals surface area contributed by atoms with Gasteiger partial charge in [0.1, 0.15) is 11.7 Å². The summed E-state index contributed by atoms with van der Waals surface area (Å²) in [6.45, 7) is 2.56. The monoisotopic (exact) mass is 331 g/mol. The number of rotatable bonds is 5. The first kappa shape index (κ1) is 15.4. The minimum absolute atomic E-state index is 0.0478. The molecule has 1 aromatic carbocycles. The van der Waals surface area contributed by atoms with E-state index in [1.54, 1.807) is 13.0 Å². The third-order valence-electron chi connectivity index (χ3n) is 2.54. The highest BCUT2D eigenvalue weighted by atomic mass is 79.9. The Balaban J connectivity index is 2.83. The van der Waals surface area contributed by atoms with Crippen molar-refractivity contribution in [2.75, 3.05) is 13.1 Å². The molecule has 1 aromatic rings. The topological polar surface area (TPSA) is 78.9 Å². The molecule has 104 valence electrons. The van der Waals surface area contributed by atoms with Gasteiger partial charge in [0.25, 0.3) is 5.91 Å². The molecule has 5 nitrogen and oxygen atoms in total. The normalized spacial score (nSPS) is 11.4. The average Bonchev–Trinajstić information content (AvgIpc) is 2.37. The van der Waals surface area contributed by atoms with E-state index in [1.807, 2.05) is 0 Å². The lowest BCUT2D eigenvalue weighted by atomic mass is 10.2. The fraction of sp³-hybridized carbons (Fsp3) is 0.333. The van der Waals surface area contributed by atoms with Gasteiger partial charge in [-0.25, -0.2) is 4.39 Å². The predicted octanol–water partition coefficient (Wildman–Crippen LogP) is 2.19. The lowest BCUT2D eigenvalue weighted by molar-refractivity contribution is 0.0767. The van der Waals surface area contributed by atoms with Crippen molar-refractivity contribution in [1.29, 1.82) is 0 Å². The van der Waals surface area contributed by atoms with Gasteiger partial charge in [-0.2, -0.15) is 0 Å². The van der Waals surface area contributed by atoms with Crippen molar-refractivity contribution in [3.63, 3.8) is 0 Å². The number of benzene rings is 1. The zero-order valence-corrected chi connectivity index (χ0v) is 12.0. The van der Waals surface area contributed by atoms with E-state index in [4.69, 9.17) is 10.9 Å². The maximum atomic E-state index is 13.3. The smallest absolute Gasteiger partial charge is 0.253 e. The quantitative estimate of drug-likeness (QED) is 0.375. The van der Waals surface area contributed by atoms with E-state index in [1.165, 1.54) is 17.0 Å². The van der Waals surface area contributed by atoms with Gasteiger partial charge in [0.2, 0.25) is 0 Å². The molecule has 1 amide bonds. The van der Waals surface area contributed by atoms with Crippen molar-refractivity contribution in [3.8, 4) is 0 Å². The highest BCUT2D eigenvalue weighted by molar-refractivity contribution is 9.10. The van der Waals surface area contributed by atoms with Gasteiger partial charge in [-0.3, -0.25) is 4.79 Å². The molecule has 0 radical (unpaired) electrons. The van der Waals surface area contributed by atoms with Gasteiger partial charge in [0.15, 0.2) is 0 Å². The number of oxime groups is 1. The van der Waals surface area contributed by atoms with Gasteiger partial charge in [-0.1, -0.05) is 21.1 Å². The molecule has 0 saturated heterocycles. The van der Waals surface area contributed by atoms with E-state index < -0.39 is 5.82 Å². The third-order valence-corrected chi connectivity index (χ3v) is 3.00. The van der Waals surface area contributed by atoms with Crippen LogP contribution in [0, 0.1) is 5.82 Å². The Kier molecular flexibility index (Phi) is 5.75. The molecule has 0 aromatic heterocycles. The molecule has 0 bridgehead atoms. The number of hydrogen-bond donors (Lipinski definition) is 2. The van der Waals surface area contributed by atoms with Gasteiger partial charge >= 0.3 is 0 Å². The Morgan fingerprint density at radius 3 is 2.74 bits per heavy atom. The summed E-state index contributed by atoms with van der Waals surface area (Å²) in [5, 5.41) is 11.3. The second-order valence-electron chi connectivity index (χ2n) is 3.88. The standard InChI is InChI=1S/C12H15BrFN3O2/c1-2-17(4-3-11(15)16-19)12(18)8-5-9(13)7-10(14)6-8/h5-7,19H,2-4H2,1H3,(H2,15,16). The molecular weight excluding hydrogens is 317 g/mol. The van der Waals surface area contributed by atoms with Crippen LogP contribution in [-0.2, 0) is 0 Å². The fourth-order valence-electron chi connectivity index (χ4n) is 1.56. The molecule has 0 atom stereocenters. The van der Waals surface area contributed by atoms with E-state index in [9.17, 15) is 9.18 Å². The van der Waals surface area contributed by atoms with Crippen molar-refractivity contribution < 1.29 is 14.4 Å². The molecule has 0 spiro atoms. The fourth-order valence-corrected chi connectivity index (χ4v) is 2.03. The van der Waals surface area contributed by atoms with Crippen LogP contribution in [-0.4, -0.2) is 34.9 Å². The van der Waals surface area contributed by atoms with E-state index in [-0.39, 0.29) is 23.7 Å². The summed E-state index contributed by atoms with van der Waals surface area (Å²) >= 11 is 3.14. The number of hydrogen-bond acceptors (Lipinski definition) is 3. The number of amidine groups is 1. The maximum Gasteiger partial charge on any atom is 0.253 e. The summed E-state index contributed by atoms with van der Waals surface area (Å²) in [5.74, 6) is -0.731. The Bertz CT molecular complexity index is 474. The molecule has 0 heterocycles. The van der Waals surface area contributed by atoms with E-state index >= 15 is 0 Å². The first-order chi connectivity index (χ1) is 8.97. The maximum absolute atomic E-state index is 13.3. The number of nitrogens with two attached hydrogens (primary N) is 1. The number of amides is 1. The van der Waals surface area contributed by atoms with Crippen LogP contribution in [0.2, 0.25) is 0 Å². The first-order valence-electron chi connectivity index (χ1n) is 5.69. The zero-order chi connectivity index (χ0) is 14.4. The molecule has 0 aliphatic heterocycles. The molecule has 19 heavy (non-hydrogen) atoms. The van der Waals surface area contributed by atoms with Crippen LogP contribution >= 0.6 is 15.9 Å². The largest absolute Gasteiger partial charge is 0.409 e. The number of carbonyl (C=O) groups is 1. The van der Waals surface area contributed by atoms with Gasteiger partial charge in [-0.05, 0) is 25.1 Å². The molecule has 0 unspecified atom stereocenters. The molecule has 3 N–H and O–H groups in total. The molecule has 0 saturated carbocycles. The van der Waals surface area contributed by atoms with Crippen molar-refractivity contribution in [2.24, 2.45) is 10.9 Å². The van der Waals surface area contributed by atoms with Crippen LogP contribution in [0.5, 0.6) is 0 Å². The second kappa shape index (κ2) is 7.08. The molecular formula is C12H15BrFN3O2. The summed E-state index contributed by atoms with van der Waals surface area (Å²) in [4.78, 5) is 13.7. The van der Waals surface area contributed by atoms with Crippen molar-refractivity contribution in [2.45, 2.75) is 13.3 Å². The van der Waals surface area contributed by atoms with Crippen molar-refractivity contribution in [3.05, 3.63) is 34.1 Å². The van der Waals surface area contributed by atoms with Gasteiger partial charge in [0, 0.05) is 29.5 Å². The van der Waals surface area contributed by atoms with Crippen LogP contribution in [0.1, 0.15) is 23.7 Å². The van der Waals surface area contributed by atoms with Gasteiger partial charge in [0.05, 0.1) is 0 Å². The third kappa shape index (κ3) is 4.51. The number of carbonyl (C=O) groups excluding carboxylic acids is 1. The summed E-state index contributed by atoms with van der Waals surface area (Å²) in [5.41, 5.74) is 5.62. The van der Waals surface area contributed by atoms with E-state index in [2.05, 4.69) is 21.1 Å². The van der Waals surface area contributed by atoms with Crippen molar-refractivity contribution >= 4 is 27.7 Å². The van der Waals surface area contributed by atoms with Gasteiger partial charge in [-0.15, -0.1) is 0 Å². The number of halogens is 2. The summed E-state index contributed by atoms with van der Waals surface area (Å²) in [6.07, 6.45) is 0.257. The average molecular weight is 332 g/mol. The van der Waals surface area contributed by atoms with E-state index in [0.29, 0.717) is 17.6 Å². The second-order valence-corrected chi connectivity index (χ2v) is 4.80. The van der Waals surface area contributed by atoms with E-state index in [0.717, 1.165) is 0 Å². The zero-order valence-electron chi connectivity index (χ0n) is 10.4. The van der Waals surface area contributed by atoms with Crippen molar-refractivity contribution in [1.82, 2.24) is 4.90 Å².